The third-order valence-corrected chi connectivity index (χ3v) is 6.95. The van der Waals surface area contributed by atoms with E-state index in [2.05, 4.69) is 4.98 Å². The number of benzene rings is 2. The van der Waals surface area contributed by atoms with Gasteiger partial charge in [-0.2, -0.15) is 5.26 Å². The number of nitrogens with zero attached hydrogens (tertiary/aromatic N) is 1. The van der Waals surface area contributed by atoms with Gasteiger partial charge in [0.1, 0.15) is 18.1 Å². The van der Waals surface area contributed by atoms with E-state index in [1.165, 1.54) is 12.1 Å². The Bertz CT molecular complexity index is 1420. The maximum Gasteiger partial charge on any atom is 0.281 e. The second kappa shape index (κ2) is 7.81. The molecule has 3 atom stereocenters. The van der Waals surface area contributed by atoms with Gasteiger partial charge in [-0.3, -0.25) is 4.79 Å². The van der Waals surface area contributed by atoms with E-state index in [-0.39, 0.29) is 40.7 Å². The van der Waals surface area contributed by atoms with Crippen molar-refractivity contribution in [3.05, 3.63) is 91.6 Å². The molecule has 0 amide bonds. The van der Waals surface area contributed by atoms with E-state index in [1.807, 2.05) is 6.07 Å². The Morgan fingerprint density at radius 2 is 1.82 bits per heavy atom. The second-order valence-corrected chi connectivity index (χ2v) is 8.96. The van der Waals surface area contributed by atoms with E-state index in [0.717, 1.165) is 12.1 Å². The topological polar surface area (TPSA) is 76.9 Å². The summed E-state index contributed by atoms with van der Waals surface area (Å²) < 4.78 is 58.4. The van der Waals surface area contributed by atoms with Gasteiger partial charge in [-0.15, -0.1) is 0 Å². The summed E-state index contributed by atoms with van der Waals surface area (Å²) in [6.07, 6.45) is -3.94. The number of alkyl halides is 3. The van der Waals surface area contributed by atoms with Gasteiger partial charge in [-0.1, -0.05) is 12.1 Å². The number of halogens is 4. The zero-order valence-corrected chi connectivity index (χ0v) is 18.1. The first-order valence-electron chi connectivity index (χ1n) is 10.9. The molecular weight excluding hydrogens is 448 g/mol. The Labute approximate surface area is 192 Å². The van der Waals surface area contributed by atoms with Crippen molar-refractivity contribution in [2.75, 3.05) is 0 Å². The lowest BCUT2D eigenvalue weighted by atomic mass is 9.74. The summed E-state index contributed by atoms with van der Waals surface area (Å²) in [4.78, 5) is 14.3. The maximum absolute atomic E-state index is 14.8. The number of nitriles is 1. The number of hydrogen-bond donors (Lipinski definition) is 2. The van der Waals surface area contributed by atoms with Crippen LogP contribution < -0.4 is 5.56 Å². The van der Waals surface area contributed by atoms with Crippen molar-refractivity contribution < 1.29 is 22.7 Å². The Morgan fingerprint density at radius 1 is 1.09 bits per heavy atom. The highest BCUT2D eigenvalue weighted by Crippen LogP contribution is 2.53. The van der Waals surface area contributed by atoms with Crippen LogP contribution in [0.4, 0.5) is 17.6 Å². The predicted molar refractivity (Wildman–Crippen MR) is 117 cm³/mol. The van der Waals surface area contributed by atoms with Crippen LogP contribution >= 0.6 is 0 Å². The van der Waals surface area contributed by atoms with Gasteiger partial charge < -0.3 is 10.1 Å². The molecule has 0 unspecified atom stereocenters. The predicted octanol–water partition coefficient (Wildman–Crippen LogP) is 5.52. The minimum absolute atomic E-state index is 0.0260. The van der Waals surface area contributed by atoms with E-state index in [0.29, 0.717) is 27.9 Å². The average molecular weight is 468 g/mol. The molecule has 0 fully saturated rings. The monoisotopic (exact) mass is 468 g/mol. The molecule has 8 heteroatoms. The van der Waals surface area contributed by atoms with Crippen LogP contribution in [0, 0.1) is 24.1 Å². The number of aliphatic hydroxyl groups excluding tert-OH is 1. The van der Waals surface area contributed by atoms with Gasteiger partial charge in [-0.25, -0.2) is 17.6 Å². The fourth-order valence-electron chi connectivity index (χ4n) is 5.47. The largest absolute Gasteiger partial charge is 0.382 e. The molecule has 0 aliphatic heterocycles. The highest BCUT2D eigenvalue weighted by atomic mass is 19.3. The molecule has 4 nitrogen and oxygen atoms in total. The Balaban J connectivity index is 1.76. The van der Waals surface area contributed by atoms with Crippen LogP contribution in [0.15, 0.2) is 41.2 Å². The summed E-state index contributed by atoms with van der Waals surface area (Å²) in [7, 11) is 0. The van der Waals surface area contributed by atoms with E-state index in [9.17, 15) is 32.7 Å². The molecule has 3 aromatic rings. The number of aryl methyl sites for hydroxylation is 1. The first-order chi connectivity index (χ1) is 16.1. The third kappa shape index (κ3) is 3.34. The molecule has 2 N–H and O–H groups in total. The fraction of sp³-hybridized carbons (Fsp3) is 0.308. The van der Waals surface area contributed by atoms with Crippen molar-refractivity contribution in [3.63, 3.8) is 0 Å². The van der Waals surface area contributed by atoms with Crippen LogP contribution in [-0.2, 0) is 6.42 Å². The number of nitrogens with one attached hydrogen (secondary N) is 1. The van der Waals surface area contributed by atoms with Crippen molar-refractivity contribution in [3.8, 4) is 17.2 Å². The molecule has 174 valence electrons. The third-order valence-electron chi connectivity index (χ3n) is 6.95. The van der Waals surface area contributed by atoms with Crippen LogP contribution in [0.2, 0.25) is 0 Å². The van der Waals surface area contributed by atoms with Gasteiger partial charge >= 0.3 is 0 Å². The Kier molecular flexibility index (Phi) is 5.14. The summed E-state index contributed by atoms with van der Waals surface area (Å²) in [5.74, 6) is -4.75. The number of rotatable bonds is 2. The van der Waals surface area contributed by atoms with Crippen LogP contribution in [0.1, 0.15) is 70.1 Å². The Hall–Kier alpha value is -3.44. The van der Waals surface area contributed by atoms with Gasteiger partial charge in [0.2, 0.25) is 5.56 Å². The first kappa shape index (κ1) is 22.4. The number of aromatic amines is 1. The molecule has 1 heterocycles. The molecule has 2 aliphatic carbocycles. The smallest absolute Gasteiger partial charge is 0.281 e. The lowest BCUT2D eigenvalue weighted by molar-refractivity contribution is -0.0966. The summed E-state index contributed by atoms with van der Waals surface area (Å²) in [6.45, 7) is 1.64. The zero-order valence-electron chi connectivity index (χ0n) is 18.1. The molecule has 34 heavy (non-hydrogen) atoms. The van der Waals surface area contributed by atoms with Gasteiger partial charge in [0, 0.05) is 29.7 Å². The summed E-state index contributed by atoms with van der Waals surface area (Å²) in [5.41, 5.74) is 2.11. The van der Waals surface area contributed by atoms with E-state index in [4.69, 9.17) is 0 Å². The first-order valence-corrected chi connectivity index (χ1v) is 10.9. The molecule has 1 aromatic heterocycles. The van der Waals surface area contributed by atoms with Crippen LogP contribution in [0.3, 0.4) is 0 Å². The standard InChI is InChI=1S/C26H20F4N2O2/c1-12-15(5-7-22(33)32-12)17-3-2-16(20-10-26(29,30)25(34)24(17)20)18-4-6-21(28)19-9-14(27)8-13(11-31)23(18)19/h2-3,5,7-9,18,21,25,34H,4,6,10H2,1H3,(H,32,33)/t18-,21+,25+/m1/s1. The van der Waals surface area contributed by atoms with Crippen LogP contribution in [-0.4, -0.2) is 16.0 Å². The molecule has 2 aromatic carbocycles. The second-order valence-electron chi connectivity index (χ2n) is 8.96. The summed E-state index contributed by atoms with van der Waals surface area (Å²) in [5, 5.41) is 20.2. The molecule has 0 saturated heterocycles. The fourth-order valence-corrected chi connectivity index (χ4v) is 5.47. The normalized spacial score (nSPS) is 22.7. The zero-order chi connectivity index (χ0) is 24.4. The van der Waals surface area contributed by atoms with Crippen LogP contribution in [0.5, 0.6) is 0 Å². The van der Waals surface area contributed by atoms with Crippen molar-refractivity contribution in [1.29, 1.82) is 5.26 Å². The van der Waals surface area contributed by atoms with E-state index < -0.39 is 36.4 Å². The van der Waals surface area contributed by atoms with Crippen molar-refractivity contribution in [2.45, 2.75) is 50.3 Å². The minimum atomic E-state index is -3.43. The number of aromatic nitrogens is 1. The minimum Gasteiger partial charge on any atom is -0.382 e. The Morgan fingerprint density at radius 3 is 2.53 bits per heavy atom. The number of fused-ring (bicyclic) bond motifs is 2. The SMILES string of the molecule is Cc1[nH]c(=O)ccc1-c1ccc([C@H]2CC[C@H](F)c3cc(F)cc(C#N)c32)c2c1[C@H](O)C(F)(F)C2. The van der Waals surface area contributed by atoms with E-state index in [1.54, 1.807) is 19.1 Å². The molecule has 0 spiro atoms. The molecule has 0 radical (unpaired) electrons. The average Bonchev–Trinajstić information content (AvgIpc) is 3.03. The molecule has 0 saturated carbocycles. The maximum atomic E-state index is 14.8. The number of hydrogen-bond acceptors (Lipinski definition) is 3. The summed E-state index contributed by atoms with van der Waals surface area (Å²) in [6, 6.07) is 10.1. The van der Waals surface area contributed by atoms with Crippen molar-refractivity contribution in [1.82, 2.24) is 4.98 Å². The van der Waals surface area contributed by atoms with Crippen molar-refractivity contribution in [2.24, 2.45) is 0 Å². The van der Waals surface area contributed by atoms with E-state index >= 15 is 0 Å². The molecule has 2 aliphatic rings. The van der Waals surface area contributed by atoms with Gasteiger partial charge in [0.05, 0.1) is 11.6 Å². The quantitative estimate of drug-likeness (QED) is 0.486. The van der Waals surface area contributed by atoms with Crippen molar-refractivity contribution >= 4 is 0 Å². The highest BCUT2D eigenvalue weighted by molar-refractivity contribution is 5.74. The molecule has 5 rings (SSSR count). The highest BCUT2D eigenvalue weighted by Gasteiger charge is 2.50. The number of pyridine rings is 1. The lowest BCUT2D eigenvalue weighted by Gasteiger charge is -2.31. The number of aliphatic hydroxyl groups is 1. The van der Waals surface area contributed by atoms with Gasteiger partial charge in [-0.05, 0) is 71.3 Å². The lowest BCUT2D eigenvalue weighted by Crippen LogP contribution is -2.22. The van der Waals surface area contributed by atoms with Gasteiger partial charge in [0.15, 0.2) is 0 Å². The van der Waals surface area contributed by atoms with Gasteiger partial charge in [0.25, 0.3) is 5.92 Å². The summed E-state index contributed by atoms with van der Waals surface area (Å²) >= 11 is 0. The van der Waals surface area contributed by atoms with Crippen LogP contribution in [0.25, 0.3) is 11.1 Å². The number of H-pyrrole nitrogens is 1. The molecule has 0 bridgehead atoms. The molecular formula is C26H20F4N2O2.